The van der Waals surface area contributed by atoms with Gasteiger partial charge in [-0.25, -0.2) is 0 Å². The smallest absolute Gasteiger partial charge is 0.257 e. The van der Waals surface area contributed by atoms with Crippen molar-refractivity contribution in [1.82, 2.24) is 10.6 Å². The minimum absolute atomic E-state index is 0.250. The lowest BCUT2D eigenvalue weighted by Crippen LogP contribution is -2.38. The molecule has 0 saturated heterocycles. The standard InChI is InChI=1S/C22H28N2O4S/c1-4-11-27-18-8-6-7-17(14-18)21(25)24-22(29)23-15-16-9-10-19(28-12-5-2)20(13-16)26-3/h6-10,13-14H,4-5,11-12,15H2,1-3H3,(H2,23,24,25,29). The van der Waals surface area contributed by atoms with E-state index in [2.05, 4.69) is 17.6 Å². The molecule has 29 heavy (non-hydrogen) atoms. The average Bonchev–Trinajstić information content (AvgIpc) is 2.75. The average molecular weight is 417 g/mol. The fourth-order valence-electron chi connectivity index (χ4n) is 2.50. The number of thiocarbonyl (C=S) groups is 1. The number of methoxy groups -OCH3 is 1. The molecule has 0 heterocycles. The van der Waals surface area contributed by atoms with Gasteiger partial charge in [0, 0.05) is 12.1 Å². The Morgan fingerprint density at radius 1 is 1.00 bits per heavy atom. The number of hydrogen-bond acceptors (Lipinski definition) is 5. The van der Waals surface area contributed by atoms with Crippen LogP contribution in [-0.4, -0.2) is 31.3 Å². The summed E-state index contributed by atoms with van der Waals surface area (Å²) in [6, 6.07) is 12.7. The fraction of sp³-hybridized carbons (Fsp3) is 0.364. The van der Waals surface area contributed by atoms with Crippen LogP contribution in [0.3, 0.4) is 0 Å². The van der Waals surface area contributed by atoms with E-state index in [-0.39, 0.29) is 11.0 Å². The number of carbonyl (C=O) groups is 1. The van der Waals surface area contributed by atoms with Gasteiger partial charge in [0.1, 0.15) is 5.75 Å². The molecule has 0 aliphatic carbocycles. The molecule has 0 bridgehead atoms. The molecule has 2 rings (SSSR count). The van der Waals surface area contributed by atoms with Gasteiger partial charge in [-0.1, -0.05) is 26.0 Å². The Hall–Kier alpha value is -2.80. The van der Waals surface area contributed by atoms with Crippen LogP contribution >= 0.6 is 12.2 Å². The number of rotatable bonds is 10. The molecule has 0 fully saturated rings. The number of ether oxygens (including phenoxy) is 3. The van der Waals surface area contributed by atoms with Gasteiger partial charge >= 0.3 is 0 Å². The zero-order valence-corrected chi connectivity index (χ0v) is 17.9. The van der Waals surface area contributed by atoms with Crippen LogP contribution < -0.4 is 24.8 Å². The van der Waals surface area contributed by atoms with Gasteiger partial charge in [0.25, 0.3) is 5.91 Å². The zero-order chi connectivity index (χ0) is 21.1. The van der Waals surface area contributed by atoms with Crippen LogP contribution in [0.25, 0.3) is 0 Å². The maximum Gasteiger partial charge on any atom is 0.257 e. The molecule has 0 aliphatic rings. The highest BCUT2D eigenvalue weighted by molar-refractivity contribution is 7.80. The molecule has 0 aliphatic heterocycles. The molecule has 1 amide bonds. The van der Waals surface area contributed by atoms with Crippen LogP contribution in [0.4, 0.5) is 0 Å². The van der Waals surface area contributed by atoms with Crippen LogP contribution in [-0.2, 0) is 6.54 Å². The van der Waals surface area contributed by atoms with E-state index in [9.17, 15) is 4.79 Å². The van der Waals surface area contributed by atoms with E-state index in [0.29, 0.717) is 42.6 Å². The molecule has 0 unspecified atom stereocenters. The van der Waals surface area contributed by atoms with Crippen molar-refractivity contribution in [2.24, 2.45) is 0 Å². The first-order valence-electron chi connectivity index (χ1n) is 9.69. The fourth-order valence-corrected chi connectivity index (χ4v) is 2.67. The third kappa shape index (κ3) is 7.27. The van der Waals surface area contributed by atoms with Gasteiger partial charge in [-0.05, 0) is 61.0 Å². The van der Waals surface area contributed by atoms with Crippen LogP contribution in [0, 0.1) is 0 Å². The summed E-state index contributed by atoms with van der Waals surface area (Å²) in [5.74, 6) is 1.75. The molecule has 0 radical (unpaired) electrons. The largest absolute Gasteiger partial charge is 0.494 e. The van der Waals surface area contributed by atoms with Gasteiger partial charge in [-0.2, -0.15) is 0 Å². The molecular weight excluding hydrogens is 388 g/mol. The number of amides is 1. The van der Waals surface area contributed by atoms with Crippen molar-refractivity contribution in [3.63, 3.8) is 0 Å². The quantitative estimate of drug-likeness (QED) is 0.569. The van der Waals surface area contributed by atoms with E-state index in [0.717, 1.165) is 18.4 Å². The van der Waals surface area contributed by atoms with Crippen molar-refractivity contribution in [2.75, 3.05) is 20.3 Å². The minimum atomic E-state index is -0.287. The van der Waals surface area contributed by atoms with Gasteiger partial charge in [-0.15, -0.1) is 0 Å². The monoisotopic (exact) mass is 416 g/mol. The van der Waals surface area contributed by atoms with Crippen molar-refractivity contribution < 1.29 is 19.0 Å². The number of nitrogens with one attached hydrogen (secondary N) is 2. The molecule has 0 aromatic heterocycles. The second kappa shape index (κ2) is 11.9. The molecular formula is C22H28N2O4S. The van der Waals surface area contributed by atoms with Crippen LogP contribution in [0.5, 0.6) is 17.2 Å². The lowest BCUT2D eigenvalue weighted by molar-refractivity contribution is 0.0976. The third-order valence-corrected chi connectivity index (χ3v) is 4.19. The Morgan fingerprint density at radius 2 is 1.76 bits per heavy atom. The summed E-state index contributed by atoms with van der Waals surface area (Å²) in [5, 5.41) is 5.97. The zero-order valence-electron chi connectivity index (χ0n) is 17.1. The molecule has 2 aromatic carbocycles. The maximum absolute atomic E-state index is 12.4. The Morgan fingerprint density at radius 3 is 2.48 bits per heavy atom. The van der Waals surface area contributed by atoms with E-state index in [1.807, 2.05) is 31.2 Å². The first-order valence-corrected chi connectivity index (χ1v) is 10.1. The topological polar surface area (TPSA) is 68.8 Å². The van der Waals surface area contributed by atoms with E-state index in [1.165, 1.54) is 0 Å². The van der Waals surface area contributed by atoms with E-state index in [1.54, 1.807) is 25.3 Å². The summed E-state index contributed by atoms with van der Waals surface area (Å²) >= 11 is 5.25. The molecule has 0 saturated carbocycles. The van der Waals surface area contributed by atoms with Gasteiger partial charge in [-0.3, -0.25) is 10.1 Å². The molecule has 156 valence electrons. The van der Waals surface area contributed by atoms with Gasteiger partial charge < -0.3 is 19.5 Å². The van der Waals surface area contributed by atoms with Crippen molar-refractivity contribution in [3.8, 4) is 17.2 Å². The van der Waals surface area contributed by atoms with Gasteiger partial charge in [0.05, 0.1) is 20.3 Å². The Balaban J connectivity index is 1.90. The lowest BCUT2D eigenvalue weighted by atomic mass is 10.2. The molecule has 0 atom stereocenters. The molecule has 0 spiro atoms. The second-order valence-electron chi connectivity index (χ2n) is 6.35. The maximum atomic E-state index is 12.4. The minimum Gasteiger partial charge on any atom is -0.494 e. The highest BCUT2D eigenvalue weighted by Gasteiger charge is 2.10. The predicted octanol–water partition coefficient (Wildman–Crippen LogP) is 4.08. The van der Waals surface area contributed by atoms with Crippen LogP contribution in [0.1, 0.15) is 42.6 Å². The van der Waals surface area contributed by atoms with Gasteiger partial charge in [0.2, 0.25) is 0 Å². The first kappa shape index (κ1) is 22.5. The molecule has 2 N–H and O–H groups in total. The van der Waals surface area contributed by atoms with Crippen molar-refractivity contribution in [2.45, 2.75) is 33.2 Å². The second-order valence-corrected chi connectivity index (χ2v) is 6.76. The Labute approximate surface area is 177 Å². The number of hydrogen-bond donors (Lipinski definition) is 2. The summed E-state index contributed by atoms with van der Waals surface area (Å²) < 4.78 is 16.6. The SMILES string of the molecule is CCCOc1cccc(C(=O)NC(=S)NCc2ccc(OCCC)c(OC)c2)c1. The first-order chi connectivity index (χ1) is 14.1. The van der Waals surface area contributed by atoms with Gasteiger partial charge in [0.15, 0.2) is 16.6 Å². The predicted molar refractivity (Wildman–Crippen MR) is 118 cm³/mol. The summed E-state index contributed by atoms with van der Waals surface area (Å²) in [6.45, 7) is 5.77. The summed E-state index contributed by atoms with van der Waals surface area (Å²) in [5.41, 5.74) is 1.44. The Kier molecular flexibility index (Phi) is 9.24. The van der Waals surface area contributed by atoms with Crippen LogP contribution in [0.2, 0.25) is 0 Å². The highest BCUT2D eigenvalue weighted by Crippen LogP contribution is 2.28. The Bertz CT molecular complexity index is 826. The van der Waals surface area contributed by atoms with Crippen LogP contribution in [0.15, 0.2) is 42.5 Å². The summed E-state index contributed by atoms with van der Waals surface area (Å²) in [7, 11) is 1.61. The van der Waals surface area contributed by atoms with Crippen molar-refractivity contribution in [1.29, 1.82) is 0 Å². The molecule has 2 aromatic rings. The molecule has 6 nitrogen and oxygen atoms in total. The molecule has 7 heteroatoms. The lowest BCUT2D eigenvalue weighted by Gasteiger charge is -2.13. The summed E-state index contributed by atoms with van der Waals surface area (Å²) in [6.07, 6.45) is 1.83. The normalized spacial score (nSPS) is 10.2. The van der Waals surface area contributed by atoms with Crippen molar-refractivity contribution in [3.05, 3.63) is 53.6 Å². The summed E-state index contributed by atoms with van der Waals surface area (Å²) in [4.78, 5) is 12.4. The number of carbonyl (C=O) groups excluding carboxylic acids is 1. The van der Waals surface area contributed by atoms with E-state index >= 15 is 0 Å². The highest BCUT2D eigenvalue weighted by atomic mass is 32.1. The third-order valence-electron chi connectivity index (χ3n) is 3.94. The van der Waals surface area contributed by atoms with E-state index < -0.39 is 0 Å². The van der Waals surface area contributed by atoms with Crippen molar-refractivity contribution >= 4 is 23.2 Å². The number of benzene rings is 2. The van der Waals surface area contributed by atoms with E-state index in [4.69, 9.17) is 26.4 Å².